The van der Waals surface area contributed by atoms with Crippen molar-refractivity contribution in [3.63, 3.8) is 0 Å². The van der Waals surface area contributed by atoms with E-state index >= 15 is 0 Å². The molecule has 0 aliphatic heterocycles. The molecular weight excluding hydrogens is 238 g/mol. The van der Waals surface area contributed by atoms with E-state index in [-0.39, 0.29) is 0 Å². The van der Waals surface area contributed by atoms with E-state index in [0.717, 1.165) is 10.1 Å². The van der Waals surface area contributed by atoms with Gasteiger partial charge in [-0.25, -0.2) is 9.78 Å². The van der Waals surface area contributed by atoms with Gasteiger partial charge in [-0.2, -0.15) is 0 Å². The molecule has 0 fully saturated rings. The van der Waals surface area contributed by atoms with Crippen LogP contribution in [0.25, 0.3) is 0 Å². The van der Waals surface area contributed by atoms with Gasteiger partial charge >= 0.3 is 5.97 Å². The number of nitrogen functional groups attached to an aromatic ring is 1. The maximum atomic E-state index is 11.5. The van der Waals surface area contributed by atoms with Gasteiger partial charge in [0.2, 0.25) is 0 Å². The minimum Gasteiger partial charge on any atom is -0.465 e. The number of rotatable bonds is 3. The SMILES string of the molecule is COC(=O)c1cccc(Sc2ncc[nH]2)c1N. The van der Waals surface area contributed by atoms with Crippen LogP contribution >= 0.6 is 11.8 Å². The Bertz CT molecular complexity index is 526. The summed E-state index contributed by atoms with van der Waals surface area (Å²) in [4.78, 5) is 19.3. The molecule has 0 amide bonds. The number of carbonyl (C=O) groups excluding carboxylic acids is 1. The van der Waals surface area contributed by atoms with Crippen molar-refractivity contribution in [3.8, 4) is 0 Å². The fraction of sp³-hybridized carbons (Fsp3) is 0.0909. The van der Waals surface area contributed by atoms with E-state index < -0.39 is 5.97 Å². The molecule has 0 atom stereocenters. The standard InChI is InChI=1S/C11H11N3O2S/c1-16-10(15)7-3-2-4-8(9(7)12)17-11-13-5-6-14-11/h2-6H,12H2,1H3,(H,13,14). The second-order valence-corrected chi connectivity index (χ2v) is 4.24. The molecule has 0 aliphatic rings. The molecule has 17 heavy (non-hydrogen) atoms. The number of benzene rings is 1. The number of methoxy groups -OCH3 is 1. The number of carbonyl (C=O) groups is 1. The Hall–Kier alpha value is -1.95. The van der Waals surface area contributed by atoms with Crippen molar-refractivity contribution in [3.05, 3.63) is 36.2 Å². The van der Waals surface area contributed by atoms with E-state index in [2.05, 4.69) is 14.7 Å². The lowest BCUT2D eigenvalue weighted by Crippen LogP contribution is -2.06. The molecule has 0 radical (unpaired) electrons. The fourth-order valence-electron chi connectivity index (χ4n) is 1.33. The average molecular weight is 249 g/mol. The number of esters is 1. The number of H-pyrrole nitrogens is 1. The summed E-state index contributed by atoms with van der Waals surface area (Å²) >= 11 is 1.36. The Morgan fingerprint density at radius 2 is 2.35 bits per heavy atom. The summed E-state index contributed by atoms with van der Waals surface area (Å²) in [5, 5.41) is 0.721. The number of ether oxygens (including phenoxy) is 1. The van der Waals surface area contributed by atoms with E-state index in [1.807, 2.05) is 6.07 Å². The molecule has 88 valence electrons. The molecule has 3 N–H and O–H groups in total. The van der Waals surface area contributed by atoms with Crippen LogP contribution in [0.15, 0.2) is 40.6 Å². The summed E-state index contributed by atoms with van der Waals surface area (Å²) in [7, 11) is 1.33. The number of imidazole rings is 1. The lowest BCUT2D eigenvalue weighted by Gasteiger charge is -2.07. The largest absolute Gasteiger partial charge is 0.465 e. The van der Waals surface area contributed by atoms with Gasteiger partial charge in [0.05, 0.1) is 18.4 Å². The first-order chi connectivity index (χ1) is 8.22. The third-order valence-corrected chi connectivity index (χ3v) is 3.14. The molecule has 5 nitrogen and oxygen atoms in total. The summed E-state index contributed by atoms with van der Waals surface area (Å²) < 4.78 is 4.66. The number of aromatic nitrogens is 2. The Morgan fingerprint density at radius 1 is 1.53 bits per heavy atom. The molecule has 2 aromatic rings. The van der Waals surface area contributed by atoms with Crippen LogP contribution in [0, 0.1) is 0 Å². The van der Waals surface area contributed by atoms with E-state index in [9.17, 15) is 4.79 Å². The van der Waals surface area contributed by atoms with E-state index in [1.54, 1.807) is 24.5 Å². The summed E-state index contributed by atoms with van der Waals surface area (Å²) in [6.07, 6.45) is 3.38. The van der Waals surface area contributed by atoms with Crippen LogP contribution < -0.4 is 5.73 Å². The maximum absolute atomic E-state index is 11.5. The van der Waals surface area contributed by atoms with Gasteiger partial charge in [-0.3, -0.25) is 0 Å². The predicted octanol–water partition coefficient (Wildman–Crippen LogP) is 1.93. The second-order valence-electron chi connectivity index (χ2n) is 3.21. The van der Waals surface area contributed by atoms with Crippen LogP contribution in [-0.2, 0) is 4.74 Å². The van der Waals surface area contributed by atoms with Gasteiger partial charge in [0.25, 0.3) is 0 Å². The van der Waals surface area contributed by atoms with Gasteiger partial charge in [-0.05, 0) is 23.9 Å². The van der Waals surface area contributed by atoms with Gasteiger partial charge in [0.15, 0.2) is 5.16 Å². The molecule has 0 spiro atoms. The topological polar surface area (TPSA) is 81.0 Å². The monoisotopic (exact) mass is 249 g/mol. The van der Waals surface area contributed by atoms with Gasteiger partial charge in [0, 0.05) is 17.3 Å². The van der Waals surface area contributed by atoms with Crippen molar-refractivity contribution in [2.24, 2.45) is 0 Å². The van der Waals surface area contributed by atoms with Crippen molar-refractivity contribution in [2.75, 3.05) is 12.8 Å². The van der Waals surface area contributed by atoms with E-state index in [1.165, 1.54) is 18.9 Å². The number of nitrogens with zero attached hydrogens (tertiary/aromatic N) is 1. The summed E-state index contributed by atoms with van der Waals surface area (Å²) in [5.41, 5.74) is 6.68. The number of hydrogen-bond donors (Lipinski definition) is 2. The van der Waals surface area contributed by atoms with Crippen LogP contribution in [0.5, 0.6) is 0 Å². The number of nitrogens with one attached hydrogen (secondary N) is 1. The summed E-state index contributed by atoms with van der Waals surface area (Å²) in [5.74, 6) is -0.440. The van der Waals surface area contributed by atoms with Crippen LogP contribution in [-0.4, -0.2) is 23.0 Å². The van der Waals surface area contributed by atoms with Gasteiger partial charge in [-0.1, -0.05) is 6.07 Å². The zero-order chi connectivity index (χ0) is 12.3. The van der Waals surface area contributed by atoms with Crippen LogP contribution in [0.2, 0.25) is 0 Å². The molecule has 0 unspecified atom stereocenters. The molecule has 0 saturated carbocycles. The molecule has 0 bridgehead atoms. The van der Waals surface area contributed by atoms with Crippen molar-refractivity contribution in [1.29, 1.82) is 0 Å². The van der Waals surface area contributed by atoms with Gasteiger partial charge in [0.1, 0.15) is 0 Å². The first kappa shape index (κ1) is 11.5. The first-order valence-corrected chi connectivity index (χ1v) is 5.68. The third kappa shape index (κ3) is 2.42. The molecule has 1 heterocycles. The van der Waals surface area contributed by atoms with E-state index in [4.69, 9.17) is 5.73 Å². The van der Waals surface area contributed by atoms with Crippen molar-refractivity contribution >= 4 is 23.4 Å². The third-order valence-electron chi connectivity index (χ3n) is 2.15. The van der Waals surface area contributed by atoms with Gasteiger partial charge in [-0.15, -0.1) is 0 Å². The molecule has 6 heteroatoms. The number of hydrogen-bond acceptors (Lipinski definition) is 5. The number of nitrogens with two attached hydrogens (primary N) is 1. The lowest BCUT2D eigenvalue weighted by molar-refractivity contribution is 0.0601. The van der Waals surface area contributed by atoms with E-state index in [0.29, 0.717) is 11.3 Å². The highest BCUT2D eigenvalue weighted by Gasteiger charge is 2.13. The zero-order valence-corrected chi connectivity index (χ0v) is 9.95. The Kier molecular flexibility index (Phi) is 3.34. The fourth-order valence-corrected chi connectivity index (χ4v) is 2.15. The first-order valence-electron chi connectivity index (χ1n) is 4.86. The van der Waals surface area contributed by atoms with Crippen LogP contribution in [0.1, 0.15) is 10.4 Å². The van der Waals surface area contributed by atoms with Crippen molar-refractivity contribution in [1.82, 2.24) is 9.97 Å². The molecule has 0 saturated heterocycles. The highest BCUT2D eigenvalue weighted by atomic mass is 32.2. The lowest BCUT2D eigenvalue weighted by atomic mass is 10.2. The Morgan fingerprint density at radius 3 is 3.00 bits per heavy atom. The van der Waals surface area contributed by atoms with Gasteiger partial charge < -0.3 is 15.5 Å². The number of aromatic amines is 1. The molecular formula is C11H11N3O2S. The number of anilines is 1. The van der Waals surface area contributed by atoms with Crippen molar-refractivity contribution < 1.29 is 9.53 Å². The highest BCUT2D eigenvalue weighted by molar-refractivity contribution is 7.99. The minimum absolute atomic E-state index is 0.365. The summed E-state index contributed by atoms with van der Waals surface area (Å²) in [6.45, 7) is 0. The van der Waals surface area contributed by atoms with Crippen molar-refractivity contribution in [2.45, 2.75) is 10.1 Å². The Labute approximate surface area is 102 Å². The quantitative estimate of drug-likeness (QED) is 0.641. The number of para-hydroxylation sites is 1. The molecule has 0 aliphatic carbocycles. The smallest absolute Gasteiger partial charge is 0.339 e. The molecule has 1 aromatic carbocycles. The average Bonchev–Trinajstić information content (AvgIpc) is 2.84. The second kappa shape index (κ2) is 4.92. The highest BCUT2D eigenvalue weighted by Crippen LogP contribution is 2.31. The summed E-state index contributed by atoms with van der Waals surface area (Å²) in [6, 6.07) is 5.22. The Balaban J connectivity index is 2.32. The molecule has 1 aromatic heterocycles. The zero-order valence-electron chi connectivity index (χ0n) is 9.14. The molecule has 2 rings (SSSR count). The maximum Gasteiger partial charge on any atom is 0.339 e. The predicted molar refractivity (Wildman–Crippen MR) is 64.9 cm³/mol. The minimum atomic E-state index is -0.440. The van der Waals surface area contributed by atoms with Crippen LogP contribution in [0.4, 0.5) is 5.69 Å². The van der Waals surface area contributed by atoms with Crippen LogP contribution in [0.3, 0.4) is 0 Å². The normalized spacial score (nSPS) is 10.2.